The van der Waals surface area contributed by atoms with Crippen molar-refractivity contribution >= 4 is 17.6 Å². The lowest BCUT2D eigenvalue weighted by molar-refractivity contribution is -0.121. The van der Waals surface area contributed by atoms with Crippen LogP contribution in [-0.4, -0.2) is 47.9 Å². The van der Waals surface area contributed by atoms with Crippen molar-refractivity contribution in [2.45, 2.75) is 25.7 Å². The maximum Gasteiger partial charge on any atom is 0.320 e. The van der Waals surface area contributed by atoms with Crippen molar-refractivity contribution in [2.75, 3.05) is 31.5 Å². The third kappa shape index (κ3) is 3.99. The first-order valence-electron chi connectivity index (χ1n) is 9.69. The van der Waals surface area contributed by atoms with Crippen LogP contribution < -0.4 is 5.32 Å². The average Bonchev–Trinajstić information content (AvgIpc) is 3.42. The van der Waals surface area contributed by atoms with E-state index in [1.807, 2.05) is 46.2 Å². The van der Waals surface area contributed by atoms with E-state index in [4.69, 9.17) is 4.42 Å². The predicted octanol–water partition coefficient (Wildman–Crippen LogP) is 3.81. The smallest absolute Gasteiger partial charge is 0.320 e. The van der Waals surface area contributed by atoms with Crippen LogP contribution in [0.2, 0.25) is 0 Å². The van der Waals surface area contributed by atoms with Gasteiger partial charge in [0.2, 0.25) is 5.91 Å². The van der Waals surface area contributed by atoms with Gasteiger partial charge in [0.25, 0.3) is 0 Å². The number of furan rings is 1. The molecule has 2 fully saturated rings. The highest BCUT2D eigenvalue weighted by atomic mass is 16.3. The maximum atomic E-state index is 12.7. The minimum Gasteiger partial charge on any atom is -0.464 e. The molecule has 142 valence electrons. The first-order valence-corrected chi connectivity index (χ1v) is 9.69. The molecule has 2 aromatic rings. The van der Waals surface area contributed by atoms with Crippen molar-refractivity contribution in [1.82, 2.24) is 9.80 Å². The second-order valence-electron chi connectivity index (χ2n) is 7.31. The van der Waals surface area contributed by atoms with E-state index in [2.05, 4.69) is 5.32 Å². The molecule has 3 heterocycles. The summed E-state index contributed by atoms with van der Waals surface area (Å²) in [7, 11) is 0. The van der Waals surface area contributed by atoms with Crippen LogP contribution in [0.3, 0.4) is 0 Å². The number of hydrogen-bond acceptors (Lipinski definition) is 3. The predicted molar refractivity (Wildman–Crippen MR) is 103 cm³/mol. The van der Waals surface area contributed by atoms with Gasteiger partial charge in [0.05, 0.1) is 12.2 Å². The third-order valence-electron chi connectivity index (χ3n) is 5.40. The zero-order valence-electron chi connectivity index (χ0n) is 15.4. The lowest BCUT2D eigenvalue weighted by atomic mass is 9.97. The van der Waals surface area contributed by atoms with E-state index in [0.29, 0.717) is 6.54 Å². The monoisotopic (exact) mass is 367 g/mol. The lowest BCUT2D eigenvalue weighted by Crippen LogP contribution is -2.48. The molecular weight excluding hydrogens is 342 g/mol. The number of rotatable bonds is 3. The third-order valence-corrected chi connectivity index (χ3v) is 5.40. The summed E-state index contributed by atoms with van der Waals surface area (Å²) in [6.45, 7) is 2.94. The standard InChI is InChI=1S/C21H25N3O3/c25-20(22-18-9-7-16(8-10-18)19-6-4-14-27-19)17-5-3-13-24(15-17)21(26)23-11-1-2-12-23/h4,6-10,14,17H,1-3,5,11-13,15H2,(H,22,25). The Balaban J connectivity index is 1.35. The fourth-order valence-electron chi connectivity index (χ4n) is 3.88. The van der Waals surface area contributed by atoms with Crippen LogP contribution >= 0.6 is 0 Å². The fourth-order valence-corrected chi connectivity index (χ4v) is 3.88. The van der Waals surface area contributed by atoms with Crippen molar-refractivity contribution in [2.24, 2.45) is 5.92 Å². The van der Waals surface area contributed by atoms with Gasteiger partial charge in [-0.1, -0.05) is 0 Å². The minimum atomic E-state index is -0.157. The molecule has 0 bridgehead atoms. The number of amides is 3. The second-order valence-corrected chi connectivity index (χ2v) is 7.31. The Hall–Kier alpha value is -2.76. The van der Waals surface area contributed by atoms with Crippen LogP contribution in [0.15, 0.2) is 47.1 Å². The van der Waals surface area contributed by atoms with Gasteiger partial charge in [0.15, 0.2) is 0 Å². The number of anilines is 1. The molecule has 1 atom stereocenters. The molecule has 27 heavy (non-hydrogen) atoms. The molecule has 1 aromatic carbocycles. The van der Waals surface area contributed by atoms with Crippen LogP contribution in [0, 0.1) is 5.92 Å². The zero-order valence-corrected chi connectivity index (χ0v) is 15.4. The van der Waals surface area contributed by atoms with E-state index >= 15 is 0 Å². The number of carbonyl (C=O) groups excluding carboxylic acids is 2. The summed E-state index contributed by atoms with van der Waals surface area (Å²) in [5.74, 6) is 0.631. The van der Waals surface area contributed by atoms with Crippen molar-refractivity contribution in [3.8, 4) is 11.3 Å². The van der Waals surface area contributed by atoms with E-state index in [1.54, 1.807) is 6.26 Å². The molecular formula is C21H25N3O3. The summed E-state index contributed by atoms with van der Waals surface area (Å²) in [5, 5.41) is 2.99. The average molecular weight is 367 g/mol. The molecule has 1 aromatic heterocycles. The molecule has 6 heteroatoms. The van der Waals surface area contributed by atoms with Gasteiger partial charge in [-0.05, 0) is 62.1 Å². The van der Waals surface area contributed by atoms with E-state index in [9.17, 15) is 9.59 Å². The molecule has 0 spiro atoms. The van der Waals surface area contributed by atoms with Crippen molar-refractivity contribution in [1.29, 1.82) is 0 Å². The molecule has 2 aliphatic rings. The molecule has 4 rings (SSSR count). The Kier molecular flexibility index (Phi) is 5.14. The summed E-state index contributed by atoms with van der Waals surface area (Å²) >= 11 is 0. The Morgan fingerprint density at radius 3 is 2.41 bits per heavy atom. The van der Waals surface area contributed by atoms with Gasteiger partial charge in [-0.25, -0.2) is 4.79 Å². The van der Waals surface area contributed by atoms with E-state index in [-0.39, 0.29) is 17.9 Å². The van der Waals surface area contributed by atoms with Crippen LogP contribution in [0.4, 0.5) is 10.5 Å². The summed E-state index contributed by atoms with van der Waals surface area (Å²) in [5.41, 5.74) is 1.73. The van der Waals surface area contributed by atoms with Gasteiger partial charge in [-0.2, -0.15) is 0 Å². The highest BCUT2D eigenvalue weighted by molar-refractivity contribution is 5.93. The summed E-state index contributed by atoms with van der Waals surface area (Å²) in [6, 6.07) is 11.5. The normalized spacial score (nSPS) is 19.9. The van der Waals surface area contributed by atoms with Crippen LogP contribution in [-0.2, 0) is 4.79 Å². The first kappa shape index (κ1) is 17.6. The Morgan fingerprint density at radius 1 is 0.963 bits per heavy atom. The lowest BCUT2D eigenvalue weighted by Gasteiger charge is -2.34. The molecule has 2 aliphatic heterocycles. The van der Waals surface area contributed by atoms with Crippen LogP contribution in [0.5, 0.6) is 0 Å². The molecule has 6 nitrogen and oxygen atoms in total. The maximum absolute atomic E-state index is 12.7. The van der Waals surface area contributed by atoms with Gasteiger partial charge in [-0.3, -0.25) is 4.79 Å². The van der Waals surface area contributed by atoms with Crippen molar-refractivity contribution < 1.29 is 14.0 Å². The Morgan fingerprint density at radius 2 is 1.70 bits per heavy atom. The van der Waals surface area contributed by atoms with Crippen molar-refractivity contribution in [3.05, 3.63) is 42.7 Å². The highest BCUT2D eigenvalue weighted by Gasteiger charge is 2.31. The Bertz CT molecular complexity index is 780. The molecule has 0 aliphatic carbocycles. The van der Waals surface area contributed by atoms with Gasteiger partial charge in [-0.15, -0.1) is 0 Å². The van der Waals surface area contributed by atoms with Crippen LogP contribution in [0.1, 0.15) is 25.7 Å². The first-order chi connectivity index (χ1) is 13.2. The van der Waals surface area contributed by atoms with E-state index in [1.165, 1.54) is 0 Å². The molecule has 3 amide bonds. The quantitative estimate of drug-likeness (QED) is 0.897. The minimum absolute atomic E-state index is 0.0142. The number of piperidine rings is 1. The van der Waals surface area contributed by atoms with Gasteiger partial charge in [0.1, 0.15) is 5.76 Å². The molecule has 1 N–H and O–H groups in total. The SMILES string of the molecule is O=C(Nc1ccc(-c2ccco2)cc1)C1CCCN(C(=O)N2CCCC2)C1. The number of hydrogen-bond donors (Lipinski definition) is 1. The largest absolute Gasteiger partial charge is 0.464 e. The van der Waals surface area contributed by atoms with E-state index < -0.39 is 0 Å². The van der Waals surface area contributed by atoms with Crippen LogP contribution in [0.25, 0.3) is 11.3 Å². The fraction of sp³-hybridized carbons (Fsp3) is 0.429. The zero-order chi connectivity index (χ0) is 18.6. The van der Waals surface area contributed by atoms with Gasteiger partial charge < -0.3 is 19.5 Å². The Labute approximate surface area is 159 Å². The summed E-state index contributed by atoms with van der Waals surface area (Å²) in [4.78, 5) is 29.0. The number of urea groups is 1. The summed E-state index contributed by atoms with van der Waals surface area (Å²) in [6.07, 6.45) is 5.49. The van der Waals surface area contributed by atoms with Gasteiger partial charge >= 0.3 is 6.03 Å². The van der Waals surface area contributed by atoms with E-state index in [0.717, 1.165) is 62.3 Å². The van der Waals surface area contributed by atoms with Gasteiger partial charge in [0, 0.05) is 37.4 Å². The number of likely N-dealkylation sites (tertiary alicyclic amines) is 2. The summed E-state index contributed by atoms with van der Waals surface area (Å²) < 4.78 is 5.38. The number of nitrogens with zero attached hydrogens (tertiary/aromatic N) is 2. The number of nitrogens with one attached hydrogen (secondary N) is 1. The molecule has 0 radical (unpaired) electrons. The molecule has 1 unspecified atom stereocenters. The number of carbonyl (C=O) groups is 2. The van der Waals surface area contributed by atoms with Crippen molar-refractivity contribution in [3.63, 3.8) is 0 Å². The topological polar surface area (TPSA) is 65.8 Å². The second kappa shape index (κ2) is 7.86. The highest BCUT2D eigenvalue weighted by Crippen LogP contribution is 2.24. The molecule has 2 saturated heterocycles. The molecule has 0 saturated carbocycles. The number of benzene rings is 1.